The van der Waals surface area contributed by atoms with Crippen molar-refractivity contribution < 1.29 is 4.74 Å². The van der Waals surface area contributed by atoms with Crippen LogP contribution in [0.5, 0.6) is 11.5 Å². The average molecular weight is 259 g/mol. The zero-order valence-electron chi connectivity index (χ0n) is 10.2. The first kappa shape index (κ1) is 12.4. The Hall–Kier alpha value is -2.01. The number of pyridine rings is 2. The van der Waals surface area contributed by atoms with Gasteiger partial charge in [0.15, 0.2) is 0 Å². The second-order valence-corrected chi connectivity index (χ2v) is 4.32. The van der Waals surface area contributed by atoms with Crippen molar-refractivity contribution in [1.82, 2.24) is 9.97 Å². The summed E-state index contributed by atoms with van der Waals surface area (Å²) < 4.78 is 5.76. The molecule has 2 rings (SSSR count). The Bertz CT molecular complexity index is 584. The van der Waals surface area contributed by atoms with Crippen LogP contribution in [0, 0.1) is 13.8 Å². The minimum Gasteiger partial charge on any atom is -0.455 e. The molecule has 5 heteroatoms. The largest absolute Gasteiger partial charge is 0.455 e. The molecule has 92 valence electrons. The van der Waals surface area contributed by atoms with E-state index in [9.17, 15) is 0 Å². The van der Waals surface area contributed by atoms with Crippen LogP contribution in [0.2, 0.25) is 0 Å². The smallest absolute Gasteiger partial charge is 0.145 e. The topological polar surface area (TPSA) is 61.0 Å². The molecular weight excluding hydrogens is 246 g/mol. The van der Waals surface area contributed by atoms with Crippen molar-refractivity contribution in [2.75, 3.05) is 0 Å². The third kappa shape index (κ3) is 2.62. The fraction of sp³-hybridized carbons (Fsp3) is 0.154. The monoisotopic (exact) mass is 259 g/mol. The lowest BCUT2D eigenvalue weighted by atomic mass is 10.1. The zero-order chi connectivity index (χ0) is 13.1. The molecule has 0 saturated carbocycles. The summed E-state index contributed by atoms with van der Waals surface area (Å²) in [5.74, 6) is 1.25. The molecule has 2 N–H and O–H groups in total. The molecule has 0 aromatic carbocycles. The van der Waals surface area contributed by atoms with Crippen LogP contribution in [0.15, 0.2) is 30.6 Å². The minimum atomic E-state index is 0.277. The van der Waals surface area contributed by atoms with E-state index in [0.717, 1.165) is 11.4 Å². The van der Waals surface area contributed by atoms with Crippen molar-refractivity contribution in [3.8, 4) is 11.5 Å². The Balaban J connectivity index is 2.46. The molecule has 0 fully saturated rings. The van der Waals surface area contributed by atoms with Gasteiger partial charge in [0, 0.05) is 18.0 Å². The van der Waals surface area contributed by atoms with Crippen LogP contribution in [0.1, 0.15) is 17.0 Å². The van der Waals surface area contributed by atoms with Crippen LogP contribution in [0.25, 0.3) is 0 Å². The predicted octanol–water partition coefficient (Wildman–Crippen LogP) is 2.52. The van der Waals surface area contributed by atoms with Gasteiger partial charge in [0.25, 0.3) is 0 Å². The molecular formula is C13H13N3OS. The molecule has 2 aromatic heterocycles. The number of nitrogens with zero attached hydrogens (tertiary/aromatic N) is 2. The molecule has 2 heterocycles. The van der Waals surface area contributed by atoms with Crippen LogP contribution in [0.3, 0.4) is 0 Å². The van der Waals surface area contributed by atoms with Crippen LogP contribution in [-0.4, -0.2) is 15.0 Å². The first-order chi connectivity index (χ1) is 8.58. The van der Waals surface area contributed by atoms with Crippen LogP contribution >= 0.6 is 12.2 Å². The number of rotatable bonds is 3. The van der Waals surface area contributed by atoms with Gasteiger partial charge in [-0.25, -0.2) is 0 Å². The maximum absolute atomic E-state index is 5.76. The molecule has 0 amide bonds. The summed E-state index contributed by atoms with van der Waals surface area (Å²) in [6, 6.07) is 5.44. The summed E-state index contributed by atoms with van der Waals surface area (Å²) in [6.45, 7) is 3.75. The standard InChI is InChI=1S/C13H13N3OS/c1-8-6-11(12(13(14)18)9(2)16-8)17-10-4-3-5-15-7-10/h3-7H,1-2H3,(H2,14,18). The highest BCUT2D eigenvalue weighted by atomic mass is 32.1. The highest BCUT2D eigenvalue weighted by Gasteiger charge is 2.13. The van der Waals surface area contributed by atoms with E-state index in [1.165, 1.54) is 0 Å². The summed E-state index contributed by atoms with van der Waals surface area (Å²) in [7, 11) is 0. The first-order valence-corrected chi connectivity index (χ1v) is 5.84. The Morgan fingerprint density at radius 3 is 2.78 bits per heavy atom. The molecule has 0 aliphatic rings. The van der Waals surface area contributed by atoms with E-state index in [1.54, 1.807) is 18.5 Å². The van der Waals surface area contributed by atoms with Crippen LogP contribution in [0.4, 0.5) is 0 Å². The van der Waals surface area contributed by atoms with E-state index in [1.807, 2.05) is 26.0 Å². The van der Waals surface area contributed by atoms with Gasteiger partial charge < -0.3 is 10.5 Å². The number of hydrogen-bond acceptors (Lipinski definition) is 4. The fourth-order valence-electron chi connectivity index (χ4n) is 1.71. The highest BCUT2D eigenvalue weighted by molar-refractivity contribution is 7.80. The van der Waals surface area contributed by atoms with E-state index in [0.29, 0.717) is 17.1 Å². The van der Waals surface area contributed by atoms with Crippen LogP contribution in [-0.2, 0) is 0 Å². The molecule has 0 radical (unpaired) electrons. The van der Waals surface area contributed by atoms with Crippen molar-refractivity contribution in [2.24, 2.45) is 5.73 Å². The SMILES string of the molecule is Cc1cc(Oc2cccnc2)c(C(N)=S)c(C)n1. The quantitative estimate of drug-likeness (QED) is 0.858. The third-order valence-corrected chi connectivity index (χ3v) is 2.60. The molecule has 0 unspecified atom stereocenters. The summed E-state index contributed by atoms with van der Waals surface area (Å²) >= 11 is 5.04. The van der Waals surface area contributed by atoms with E-state index in [2.05, 4.69) is 9.97 Å². The van der Waals surface area contributed by atoms with Crippen molar-refractivity contribution in [2.45, 2.75) is 13.8 Å². The number of aryl methyl sites for hydroxylation is 2. The van der Waals surface area contributed by atoms with Crippen LogP contribution < -0.4 is 10.5 Å². The highest BCUT2D eigenvalue weighted by Crippen LogP contribution is 2.27. The predicted molar refractivity (Wildman–Crippen MR) is 73.9 cm³/mol. The molecule has 2 aromatic rings. The average Bonchev–Trinajstić information content (AvgIpc) is 2.28. The van der Waals surface area contributed by atoms with Gasteiger partial charge in [0.2, 0.25) is 0 Å². The van der Waals surface area contributed by atoms with E-state index < -0.39 is 0 Å². The van der Waals surface area contributed by atoms with Crippen molar-refractivity contribution in [1.29, 1.82) is 0 Å². The van der Waals surface area contributed by atoms with Gasteiger partial charge in [-0.2, -0.15) is 0 Å². The zero-order valence-corrected chi connectivity index (χ0v) is 11.0. The lowest BCUT2D eigenvalue weighted by Crippen LogP contribution is -2.14. The molecule has 0 atom stereocenters. The second-order valence-electron chi connectivity index (χ2n) is 3.88. The fourth-order valence-corrected chi connectivity index (χ4v) is 1.96. The lowest BCUT2D eigenvalue weighted by molar-refractivity contribution is 0.477. The maximum Gasteiger partial charge on any atom is 0.145 e. The number of ether oxygens (including phenoxy) is 1. The van der Waals surface area contributed by atoms with Gasteiger partial charge in [-0.1, -0.05) is 12.2 Å². The number of hydrogen-bond donors (Lipinski definition) is 1. The molecule has 0 bridgehead atoms. The van der Waals surface area contributed by atoms with Gasteiger partial charge in [-0.15, -0.1) is 0 Å². The Morgan fingerprint density at radius 1 is 1.39 bits per heavy atom. The van der Waals surface area contributed by atoms with Gasteiger partial charge in [-0.3, -0.25) is 9.97 Å². The summed E-state index contributed by atoms with van der Waals surface area (Å²) in [6.07, 6.45) is 3.32. The Kier molecular flexibility index (Phi) is 3.53. The van der Waals surface area contributed by atoms with Gasteiger partial charge >= 0.3 is 0 Å². The molecule has 0 aliphatic carbocycles. The van der Waals surface area contributed by atoms with Crippen molar-refractivity contribution in [3.05, 3.63) is 47.5 Å². The maximum atomic E-state index is 5.76. The molecule has 0 saturated heterocycles. The van der Waals surface area contributed by atoms with E-state index >= 15 is 0 Å². The number of aromatic nitrogens is 2. The third-order valence-electron chi connectivity index (χ3n) is 2.40. The lowest BCUT2D eigenvalue weighted by Gasteiger charge is -2.12. The number of thiocarbonyl (C=S) groups is 1. The Morgan fingerprint density at radius 2 is 2.17 bits per heavy atom. The molecule has 0 aliphatic heterocycles. The summed E-state index contributed by atoms with van der Waals surface area (Å²) in [5, 5.41) is 0. The van der Waals surface area contributed by atoms with Crippen molar-refractivity contribution >= 4 is 17.2 Å². The van der Waals surface area contributed by atoms with Crippen molar-refractivity contribution in [3.63, 3.8) is 0 Å². The minimum absolute atomic E-state index is 0.277. The van der Waals surface area contributed by atoms with Gasteiger partial charge in [0.1, 0.15) is 16.5 Å². The van der Waals surface area contributed by atoms with Gasteiger partial charge in [-0.05, 0) is 26.0 Å². The molecule has 18 heavy (non-hydrogen) atoms. The normalized spacial score (nSPS) is 10.1. The summed E-state index contributed by atoms with van der Waals surface area (Å²) in [5.41, 5.74) is 8.00. The van der Waals surface area contributed by atoms with E-state index in [-0.39, 0.29) is 4.99 Å². The molecule has 0 spiro atoms. The Labute approximate surface area is 111 Å². The van der Waals surface area contributed by atoms with Gasteiger partial charge in [0.05, 0.1) is 17.5 Å². The molecule has 4 nitrogen and oxygen atoms in total. The second kappa shape index (κ2) is 5.10. The van der Waals surface area contributed by atoms with E-state index in [4.69, 9.17) is 22.7 Å². The first-order valence-electron chi connectivity index (χ1n) is 5.44. The summed E-state index contributed by atoms with van der Waals surface area (Å²) in [4.78, 5) is 8.61. The number of nitrogens with two attached hydrogens (primary N) is 1.